The molecule has 0 aliphatic heterocycles. The molecule has 0 saturated heterocycles. The molecule has 27 heavy (non-hydrogen) atoms. The van der Waals surface area contributed by atoms with Crippen molar-refractivity contribution in [2.75, 3.05) is 20.3 Å². The molecule has 0 aromatic heterocycles. The number of hydrogen-bond acceptors (Lipinski definition) is 4. The SMILES string of the molecule is COc1ccc(OCCN[C@@H](C)C(=O)N[C@@H](C)c2ccc(Cl)cc2Cl)cc1. The van der Waals surface area contributed by atoms with Crippen molar-refractivity contribution >= 4 is 29.1 Å². The molecule has 2 N–H and O–H groups in total. The van der Waals surface area contributed by atoms with E-state index in [1.54, 1.807) is 26.2 Å². The molecule has 0 unspecified atom stereocenters. The highest BCUT2D eigenvalue weighted by molar-refractivity contribution is 6.35. The van der Waals surface area contributed by atoms with Gasteiger partial charge in [-0.15, -0.1) is 0 Å². The van der Waals surface area contributed by atoms with Crippen molar-refractivity contribution in [1.29, 1.82) is 0 Å². The van der Waals surface area contributed by atoms with Crippen LogP contribution in [0, 0.1) is 0 Å². The van der Waals surface area contributed by atoms with E-state index < -0.39 is 0 Å². The minimum Gasteiger partial charge on any atom is -0.497 e. The summed E-state index contributed by atoms with van der Waals surface area (Å²) >= 11 is 12.1. The molecule has 7 heteroatoms. The molecular weight excluding hydrogens is 387 g/mol. The highest BCUT2D eigenvalue weighted by Crippen LogP contribution is 2.26. The summed E-state index contributed by atoms with van der Waals surface area (Å²) in [7, 11) is 1.62. The van der Waals surface area contributed by atoms with Crippen molar-refractivity contribution in [2.24, 2.45) is 0 Å². The topological polar surface area (TPSA) is 59.6 Å². The molecule has 2 rings (SSSR count). The van der Waals surface area contributed by atoms with Gasteiger partial charge in [0.1, 0.15) is 18.1 Å². The molecule has 2 aromatic rings. The average molecular weight is 411 g/mol. The maximum atomic E-state index is 12.3. The van der Waals surface area contributed by atoms with Crippen LogP contribution in [0.3, 0.4) is 0 Å². The summed E-state index contributed by atoms with van der Waals surface area (Å²) in [5, 5.41) is 7.18. The Morgan fingerprint density at radius 2 is 1.74 bits per heavy atom. The van der Waals surface area contributed by atoms with Crippen molar-refractivity contribution in [3.63, 3.8) is 0 Å². The highest BCUT2D eigenvalue weighted by Gasteiger charge is 2.17. The number of amides is 1. The van der Waals surface area contributed by atoms with Crippen molar-refractivity contribution < 1.29 is 14.3 Å². The smallest absolute Gasteiger partial charge is 0.237 e. The quantitative estimate of drug-likeness (QED) is 0.607. The number of carbonyl (C=O) groups is 1. The van der Waals surface area contributed by atoms with Crippen LogP contribution in [-0.2, 0) is 4.79 Å². The zero-order valence-electron chi connectivity index (χ0n) is 15.6. The first kappa shape index (κ1) is 21.4. The molecular formula is C20H24Cl2N2O3. The van der Waals surface area contributed by atoms with E-state index >= 15 is 0 Å². The molecule has 0 saturated carbocycles. The fraction of sp³-hybridized carbons (Fsp3) is 0.350. The number of nitrogens with one attached hydrogen (secondary N) is 2. The number of methoxy groups -OCH3 is 1. The van der Waals surface area contributed by atoms with E-state index in [4.69, 9.17) is 32.7 Å². The largest absolute Gasteiger partial charge is 0.497 e. The predicted molar refractivity (Wildman–Crippen MR) is 109 cm³/mol. The molecule has 2 atom stereocenters. The third kappa shape index (κ3) is 6.61. The summed E-state index contributed by atoms with van der Waals surface area (Å²) in [5.41, 5.74) is 0.824. The van der Waals surface area contributed by atoms with Crippen LogP contribution in [0.25, 0.3) is 0 Å². The van der Waals surface area contributed by atoms with Gasteiger partial charge in [0.15, 0.2) is 0 Å². The summed E-state index contributed by atoms with van der Waals surface area (Å²) in [4.78, 5) is 12.3. The first-order valence-corrected chi connectivity index (χ1v) is 9.42. The molecule has 146 valence electrons. The van der Waals surface area contributed by atoms with E-state index in [1.807, 2.05) is 37.3 Å². The van der Waals surface area contributed by atoms with E-state index in [0.29, 0.717) is 23.2 Å². The van der Waals surface area contributed by atoms with Gasteiger partial charge < -0.3 is 20.1 Å². The van der Waals surface area contributed by atoms with Gasteiger partial charge in [0, 0.05) is 16.6 Å². The molecule has 1 amide bonds. The lowest BCUT2D eigenvalue weighted by molar-refractivity contribution is -0.123. The molecule has 2 aromatic carbocycles. The molecule has 0 bridgehead atoms. The Labute approximate surface area is 170 Å². The van der Waals surface area contributed by atoms with Gasteiger partial charge in [-0.3, -0.25) is 4.79 Å². The van der Waals surface area contributed by atoms with Gasteiger partial charge in [-0.1, -0.05) is 29.3 Å². The van der Waals surface area contributed by atoms with Gasteiger partial charge in [-0.05, 0) is 55.8 Å². The maximum absolute atomic E-state index is 12.3. The first-order valence-electron chi connectivity index (χ1n) is 8.66. The number of benzene rings is 2. The second-order valence-electron chi connectivity index (χ2n) is 6.10. The highest BCUT2D eigenvalue weighted by atomic mass is 35.5. The second-order valence-corrected chi connectivity index (χ2v) is 6.94. The van der Waals surface area contributed by atoms with E-state index in [0.717, 1.165) is 17.1 Å². The number of halogens is 2. The molecule has 0 heterocycles. The predicted octanol–water partition coefficient (Wildman–Crippen LogP) is 4.24. The summed E-state index contributed by atoms with van der Waals surface area (Å²) in [6.45, 7) is 4.67. The summed E-state index contributed by atoms with van der Waals surface area (Å²) in [6.07, 6.45) is 0. The number of carbonyl (C=O) groups excluding carboxylic acids is 1. The Balaban J connectivity index is 1.74. The molecule has 0 fully saturated rings. The Kier molecular flexibility index (Phi) is 8.23. The van der Waals surface area contributed by atoms with E-state index in [2.05, 4.69) is 10.6 Å². The van der Waals surface area contributed by atoms with Crippen LogP contribution in [0.1, 0.15) is 25.5 Å². The van der Waals surface area contributed by atoms with Crippen molar-refractivity contribution in [2.45, 2.75) is 25.9 Å². The third-order valence-electron chi connectivity index (χ3n) is 4.06. The van der Waals surface area contributed by atoms with Crippen LogP contribution in [0.4, 0.5) is 0 Å². The normalized spacial score (nSPS) is 12.9. The minimum absolute atomic E-state index is 0.113. The van der Waals surface area contributed by atoms with Crippen LogP contribution < -0.4 is 20.1 Å². The van der Waals surface area contributed by atoms with Gasteiger partial charge in [0.2, 0.25) is 5.91 Å². The number of ether oxygens (including phenoxy) is 2. The fourth-order valence-electron chi connectivity index (χ4n) is 2.48. The van der Waals surface area contributed by atoms with Crippen molar-refractivity contribution in [3.8, 4) is 11.5 Å². The fourth-order valence-corrected chi connectivity index (χ4v) is 3.05. The van der Waals surface area contributed by atoms with Crippen LogP contribution in [0.5, 0.6) is 11.5 Å². The van der Waals surface area contributed by atoms with E-state index in [1.165, 1.54) is 0 Å². The summed E-state index contributed by atoms with van der Waals surface area (Å²) < 4.78 is 10.7. The number of hydrogen-bond donors (Lipinski definition) is 2. The Morgan fingerprint density at radius 3 is 2.37 bits per heavy atom. The molecule has 0 aliphatic rings. The Hall–Kier alpha value is -1.95. The zero-order chi connectivity index (χ0) is 19.8. The van der Waals surface area contributed by atoms with Crippen molar-refractivity contribution in [3.05, 3.63) is 58.1 Å². The summed E-state index contributed by atoms with van der Waals surface area (Å²) in [5.74, 6) is 1.42. The van der Waals surface area contributed by atoms with Gasteiger partial charge in [-0.25, -0.2) is 0 Å². The van der Waals surface area contributed by atoms with Gasteiger partial charge in [-0.2, -0.15) is 0 Å². The summed E-state index contributed by atoms with van der Waals surface area (Å²) in [6, 6.07) is 12.0. The standard InChI is InChI=1S/C20H24Cl2N2O3/c1-13(18-9-4-15(21)12-19(18)22)24-20(25)14(2)23-10-11-27-17-7-5-16(26-3)6-8-17/h4-9,12-14,23H,10-11H2,1-3H3,(H,24,25)/t13-,14-/m0/s1. The van der Waals surface area contributed by atoms with Gasteiger partial charge >= 0.3 is 0 Å². The monoisotopic (exact) mass is 410 g/mol. The minimum atomic E-state index is -0.363. The zero-order valence-corrected chi connectivity index (χ0v) is 17.1. The number of rotatable bonds is 9. The first-order chi connectivity index (χ1) is 12.9. The van der Waals surface area contributed by atoms with Crippen molar-refractivity contribution in [1.82, 2.24) is 10.6 Å². The Morgan fingerprint density at radius 1 is 1.07 bits per heavy atom. The lowest BCUT2D eigenvalue weighted by atomic mass is 10.1. The molecule has 5 nitrogen and oxygen atoms in total. The van der Waals surface area contributed by atoms with Gasteiger partial charge in [0.25, 0.3) is 0 Å². The maximum Gasteiger partial charge on any atom is 0.237 e. The lowest BCUT2D eigenvalue weighted by Crippen LogP contribution is -2.44. The lowest BCUT2D eigenvalue weighted by Gasteiger charge is -2.20. The van der Waals surface area contributed by atoms with Crippen LogP contribution in [-0.4, -0.2) is 32.2 Å². The van der Waals surface area contributed by atoms with Crippen LogP contribution in [0.2, 0.25) is 10.0 Å². The van der Waals surface area contributed by atoms with Crippen LogP contribution >= 0.6 is 23.2 Å². The Bertz CT molecular complexity index is 753. The van der Waals surface area contributed by atoms with E-state index in [-0.39, 0.29) is 18.0 Å². The van der Waals surface area contributed by atoms with Gasteiger partial charge in [0.05, 0.1) is 19.2 Å². The molecule has 0 aliphatic carbocycles. The molecule has 0 radical (unpaired) electrons. The van der Waals surface area contributed by atoms with Crippen LogP contribution in [0.15, 0.2) is 42.5 Å². The molecule has 0 spiro atoms. The second kappa shape index (κ2) is 10.4. The van der Waals surface area contributed by atoms with E-state index in [9.17, 15) is 4.79 Å². The third-order valence-corrected chi connectivity index (χ3v) is 4.62. The average Bonchev–Trinajstić information content (AvgIpc) is 2.65.